The molecule has 10 heteroatoms. The van der Waals surface area contributed by atoms with Crippen LogP contribution in [0.5, 0.6) is 0 Å². The molecular weight excluding hydrogens is 602 g/mol. The molecule has 0 amide bonds. The lowest BCUT2D eigenvalue weighted by Crippen LogP contribution is -2.63. The van der Waals surface area contributed by atoms with E-state index < -0.39 is 77.1 Å². The summed E-state index contributed by atoms with van der Waals surface area (Å²) >= 11 is 0. The monoisotopic (exact) mass is 653 g/mol. The number of ether oxygens (including phenoxy) is 4. The zero-order chi connectivity index (χ0) is 35.0. The minimum absolute atomic E-state index is 0.114. The van der Waals surface area contributed by atoms with Crippen LogP contribution >= 0.6 is 0 Å². The van der Waals surface area contributed by atoms with E-state index in [4.69, 9.17) is 18.9 Å². The van der Waals surface area contributed by atoms with Gasteiger partial charge in [0.05, 0.1) is 12.5 Å². The SMILES string of the molecule is C=C1[C@@H](OC(=O)CC(c2ccccc2)N(C)C)CC[C@@]2(C)[C@@H](OC(C)=O)[C@H](OC(C)=O)C3=C(C)[C@@H](OC(C)=O)CC([C@@H](O)[C@H]12)C3(C)C. The molecule has 1 N–H and O–H groups in total. The largest absolute Gasteiger partial charge is 0.458 e. The third kappa shape index (κ3) is 7.18. The van der Waals surface area contributed by atoms with Gasteiger partial charge in [-0.2, -0.15) is 0 Å². The molecule has 0 radical (unpaired) electrons. The molecule has 9 atom stereocenters. The van der Waals surface area contributed by atoms with Crippen LogP contribution in [-0.2, 0) is 38.1 Å². The first-order valence-electron chi connectivity index (χ1n) is 16.4. The highest BCUT2D eigenvalue weighted by Crippen LogP contribution is 2.60. The Morgan fingerprint density at radius 3 is 2.09 bits per heavy atom. The number of hydrogen-bond donors (Lipinski definition) is 1. The fourth-order valence-electron chi connectivity index (χ4n) is 8.59. The van der Waals surface area contributed by atoms with E-state index in [0.717, 1.165) is 5.56 Å². The quantitative estimate of drug-likeness (QED) is 0.230. The summed E-state index contributed by atoms with van der Waals surface area (Å²) in [6.45, 7) is 16.0. The minimum atomic E-state index is -1.06. The highest BCUT2D eigenvalue weighted by Gasteiger charge is 2.63. The van der Waals surface area contributed by atoms with E-state index in [1.807, 2.05) is 77.0 Å². The van der Waals surface area contributed by atoms with E-state index in [9.17, 15) is 24.3 Å². The van der Waals surface area contributed by atoms with Crippen molar-refractivity contribution in [2.75, 3.05) is 14.1 Å². The summed E-state index contributed by atoms with van der Waals surface area (Å²) in [6, 6.07) is 9.53. The third-order valence-electron chi connectivity index (χ3n) is 10.8. The molecule has 2 unspecified atom stereocenters. The van der Waals surface area contributed by atoms with Crippen LogP contribution in [0.1, 0.15) is 85.8 Å². The van der Waals surface area contributed by atoms with Crippen LogP contribution in [0.15, 0.2) is 53.6 Å². The maximum absolute atomic E-state index is 13.5. The zero-order valence-corrected chi connectivity index (χ0v) is 29.2. The van der Waals surface area contributed by atoms with Gasteiger partial charge in [0.1, 0.15) is 18.3 Å². The van der Waals surface area contributed by atoms with Gasteiger partial charge in [-0.05, 0) is 73.9 Å². The normalized spacial score (nSPS) is 32.3. The fourth-order valence-corrected chi connectivity index (χ4v) is 8.59. The van der Waals surface area contributed by atoms with Gasteiger partial charge >= 0.3 is 23.9 Å². The second-order valence-corrected chi connectivity index (χ2v) is 14.5. The van der Waals surface area contributed by atoms with Gasteiger partial charge in [0.2, 0.25) is 0 Å². The van der Waals surface area contributed by atoms with Crippen molar-refractivity contribution in [3.63, 3.8) is 0 Å². The lowest BCUT2D eigenvalue weighted by atomic mass is 9.49. The molecule has 2 bridgehead atoms. The van der Waals surface area contributed by atoms with Crippen molar-refractivity contribution in [1.82, 2.24) is 4.90 Å². The molecule has 0 aromatic heterocycles. The number of carbonyl (C=O) groups excluding carboxylic acids is 4. The van der Waals surface area contributed by atoms with Gasteiger partial charge in [-0.1, -0.05) is 57.7 Å². The Morgan fingerprint density at radius 1 is 0.936 bits per heavy atom. The zero-order valence-electron chi connectivity index (χ0n) is 29.2. The molecule has 3 aliphatic rings. The first kappa shape index (κ1) is 36.3. The summed E-state index contributed by atoms with van der Waals surface area (Å²) < 4.78 is 24.0. The predicted octanol–water partition coefficient (Wildman–Crippen LogP) is 5.10. The van der Waals surface area contributed by atoms with Gasteiger partial charge in [-0.3, -0.25) is 19.2 Å². The lowest BCUT2D eigenvalue weighted by molar-refractivity contribution is -0.198. The number of fused-ring (bicyclic) bond motifs is 3. The summed E-state index contributed by atoms with van der Waals surface area (Å²) in [6.07, 6.45) is -3.31. The number of benzene rings is 1. The summed E-state index contributed by atoms with van der Waals surface area (Å²) in [5.74, 6) is -3.22. The third-order valence-corrected chi connectivity index (χ3v) is 10.8. The first-order chi connectivity index (χ1) is 21.9. The van der Waals surface area contributed by atoms with Crippen LogP contribution in [0.3, 0.4) is 0 Å². The van der Waals surface area contributed by atoms with Gasteiger partial charge in [0.15, 0.2) is 6.10 Å². The Hall–Kier alpha value is -3.50. The summed E-state index contributed by atoms with van der Waals surface area (Å²) in [5.41, 5.74) is 1.12. The number of rotatable bonds is 8. The molecule has 0 aliphatic heterocycles. The number of aliphatic hydroxyl groups is 1. The fraction of sp³-hybridized carbons (Fsp3) is 0.622. The number of aliphatic hydroxyl groups excluding tert-OH is 1. The molecule has 1 aromatic rings. The lowest BCUT2D eigenvalue weighted by Gasteiger charge is -2.59. The molecule has 3 aliphatic carbocycles. The molecule has 0 spiro atoms. The maximum Gasteiger partial charge on any atom is 0.308 e. The smallest absolute Gasteiger partial charge is 0.308 e. The molecule has 2 saturated carbocycles. The van der Waals surface area contributed by atoms with Crippen molar-refractivity contribution in [2.24, 2.45) is 22.7 Å². The molecule has 10 nitrogen and oxygen atoms in total. The van der Waals surface area contributed by atoms with E-state index in [1.165, 1.54) is 20.8 Å². The molecule has 4 rings (SSSR count). The number of hydrogen-bond acceptors (Lipinski definition) is 10. The molecule has 47 heavy (non-hydrogen) atoms. The summed E-state index contributed by atoms with van der Waals surface area (Å²) in [4.78, 5) is 53.1. The number of esters is 4. The van der Waals surface area contributed by atoms with Crippen molar-refractivity contribution < 1.29 is 43.2 Å². The van der Waals surface area contributed by atoms with Gasteiger partial charge < -0.3 is 29.0 Å². The van der Waals surface area contributed by atoms with Crippen LogP contribution in [-0.4, -0.2) is 78.5 Å². The summed E-state index contributed by atoms with van der Waals surface area (Å²) in [7, 11) is 3.82. The van der Waals surface area contributed by atoms with E-state index in [2.05, 4.69) is 6.58 Å². The van der Waals surface area contributed by atoms with Crippen molar-refractivity contribution in [3.8, 4) is 0 Å². The topological polar surface area (TPSA) is 129 Å². The highest BCUT2D eigenvalue weighted by atomic mass is 16.6. The molecule has 0 heterocycles. The second-order valence-electron chi connectivity index (χ2n) is 14.5. The van der Waals surface area contributed by atoms with Crippen LogP contribution in [0.25, 0.3) is 0 Å². The number of nitrogens with zero attached hydrogens (tertiary/aromatic N) is 1. The minimum Gasteiger partial charge on any atom is -0.458 e. The molecular formula is C37H51NO9. The average molecular weight is 654 g/mol. The number of carbonyl (C=O) groups is 4. The van der Waals surface area contributed by atoms with E-state index in [1.54, 1.807) is 0 Å². The summed E-state index contributed by atoms with van der Waals surface area (Å²) in [5, 5.41) is 12.4. The predicted molar refractivity (Wildman–Crippen MR) is 175 cm³/mol. The van der Waals surface area contributed by atoms with Gasteiger partial charge in [0, 0.05) is 38.1 Å². The molecule has 1 aromatic carbocycles. The Bertz CT molecular complexity index is 1420. The maximum atomic E-state index is 13.5. The first-order valence-corrected chi connectivity index (χ1v) is 16.4. The highest BCUT2D eigenvalue weighted by molar-refractivity contribution is 5.71. The van der Waals surface area contributed by atoms with Crippen LogP contribution in [0, 0.1) is 22.7 Å². The Morgan fingerprint density at radius 2 is 1.53 bits per heavy atom. The Labute approximate surface area is 278 Å². The van der Waals surface area contributed by atoms with Gasteiger partial charge in [0.25, 0.3) is 0 Å². The van der Waals surface area contributed by atoms with Crippen LogP contribution in [0.4, 0.5) is 0 Å². The van der Waals surface area contributed by atoms with Crippen LogP contribution < -0.4 is 0 Å². The van der Waals surface area contributed by atoms with Crippen molar-refractivity contribution in [2.45, 2.75) is 111 Å². The van der Waals surface area contributed by atoms with Crippen LogP contribution in [0.2, 0.25) is 0 Å². The van der Waals surface area contributed by atoms with Gasteiger partial charge in [-0.25, -0.2) is 0 Å². The van der Waals surface area contributed by atoms with E-state index in [0.29, 0.717) is 36.0 Å². The molecule has 2 fully saturated rings. The molecule has 0 saturated heterocycles. The second kappa shape index (κ2) is 13.9. The Kier molecular flexibility index (Phi) is 10.8. The van der Waals surface area contributed by atoms with Gasteiger partial charge in [-0.15, -0.1) is 0 Å². The average Bonchev–Trinajstić information content (AvgIpc) is 2.96. The van der Waals surface area contributed by atoms with Crippen molar-refractivity contribution >= 4 is 23.9 Å². The standard InChI is InChI=1S/C37H51NO9/c1-20-28(47-30(42)19-27(38(9)10)25-14-12-11-13-15-25)16-17-37(8)31(20)33(43)26-18-29(44-22(3)39)21(2)32(36(26,6)7)34(45-23(4)40)35(37)46-24(5)41/h11-15,26-29,31,33-35,43H,1,16-19H2,2-10H3/t26?,27?,28-,29-,31-,33+,34+,35-,37+/m0/s1. The van der Waals surface area contributed by atoms with E-state index in [-0.39, 0.29) is 12.5 Å². The van der Waals surface area contributed by atoms with E-state index >= 15 is 0 Å². The Balaban J connectivity index is 1.78. The molecule has 258 valence electrons. The van der Waals surface area contributed by atoms with Crippen molar-refractivity contribution in [3.05, 3.63) is 59.2 Å². The van der Waals surface area contributed by atoms with Crippen molar-refractivity contribution in [1.29, 1.82) is 0 Å².